The number of methoxy groups -OCH3 is 1. The highest BCUT2D eigenvalue weighted by Crippen LogP contribution is 2.31. The number of thiazole rings is 1. The molecule has 0 saturated heterocycles. The average molecular weight is 296 g/mol. The molecule has 1 heterocycles. The number of aryl methyl sites for hydroxylation is 1. The Hall–Kier alpha value is -2.33. The zero-order valence-corrected chi connectivity index (χ0v) is 12.8. The number of aromatic nitrogens is 1. The maximum absolute atomic E-state index is 5.72. The number of rotatable bonds is 3. The maximum Gasteiger partial charge on any atom is 0.124 e. The van der Waals surface area contributed by atoms with Crippen LogP contribution in [0.1, 0.15) is 5.56 Å². The van der Waals surface area contributed by atoms with Crippen LogP contribution in [0.2, 0.25) is 0 Å². The third-order valence-corrected chi connectivity index (χ3v) is 4.24. The van der Waals surface area contributed by atoms with E-state index in [1.54, 1.807) is 18.4 Å². The van der Waals surface area contributed by atoms with Crippen molar-refractivity contribution in [2.75, 3.05) is 12.8 Å². The Bertz CT molecular complexity index is 763. The molecule has 21 heavy (non-hydrogen) atoms. The molecule has 0 aliphatic heterocycles. The molecule has 3 rings (SSSR count). The molecule has 0 aliphatic rings. The van der Waals surface area contributed by atoms with Gasteiger partial charge in [-0.25, -0.2) is 4.98 Å². The van der Waals surface area contributed by atoms with Crippen molar-refractivity contribution in [1.29, 1.82) is 0 Å². The third kappa shape index (κ3) is 2.76. The van der Waals surface area contributed by atoms with Gasteiger partial charge in [0.2, 0.25) is 0 Å². The lowest BCUT2D eigenvalue weighted by atomic mass is 10.1. The Morgan fingerprint density at radius 1 is 1.05 bits per heavy atom. The molecule has 2 N–H and O–H groups in total. The molecule has 0 atom stereocenters. The lowest BCUT2D eigenvalue weighted by Crippen LogP contribution is -1.88. The van der Waals surface area contributed by atoms with Gasteiger partial charge < -0.3 is 10.5 Å². The Morgan fingerprint density at radius 3 is 2.43 bits per heavy atom. The predicted molar refractivity (Wildman–Crippen MR) is 88.7 cm³/mol. The van der Waals surface area contributed by atoms with E-state index in [4.69, 9.17) is 15.5 Å². The summed E-state index contributed by atoms with van der Waals surface area (Å²) in [5.74, 6) is 0.896. The van der Waals surface area contributed by atoms with E-state index in [9.17, 15) is 0 Å². The molecular formula is C17H16N2OS. The highest BCUT2D eigenvalue weighted by Gasteiger charge is 2.08. The fourth-order valence-corrected chi connectivity index (χ4v) is 3.04. The van der Waals surface area contributed by atoms with E-state index in [2.05, 4.69) is 11.4 Å². The van der Waals surface area contributed by atoms with Crippen LogP contribution in [-0.2, 0) is 0 Å². The largest absolute Gasteiger partial charge is 0.496 e. The van der Waals surface area contributed by atoms with Crippen LogP contribution in [0.5, 0.6) is 5.75 Å². The minimum Gasteiger partial charge on any atom is -0.496 e. The molecule has 0 radical (unpaired) electrons. The van der Waals surface area contributed by atoms with Crippen LogP contribution in [0.15, 0.2) is 47.8 Å². The van der Waals surface area contributed by atoms with Gasteiger partial charge in [-0.2, -0.15) is 0 Å². The topological polar surface area (TPSA) is 48.1 Å². The highest BCUT2D eigenvalue weighted by atomic mass is 32.1. The summed E-state index contributed by atoms with van der Waals surface area (Å²) in [6.07, 6.45) is 0. The summed E-state index contributed by atoms with van der Waals surface area (Å²) in [5, 5.41) is 3.07. The molecule has 0 unspecified atom stereocenters. The SMILES string of the molecule is COc1ccc(-c2csc(-c3ccc(N)cc3)n2)cc1C. The van der Waals surface area contributed by atoms with Crippen LogP contribution in [0, 0.1) is 6.92 Å². The number of benzene rings is 2. The summed E-state index contributed by atoms with van der Waals surface area (Å²) in [6, 6.07) is 13.9. The van der Waals surface area contributed by atoms with Crippen molar-refractivity contribution >= 4 is 17.0 Å². The molecule has 0 aliphatic carbocycles. The first-order valence-corrected chi connectivity index (χ1v) is 7.52. The van der Waals surface area contributed by atoms with Gasteiger partial charge in [0, 0.05) is 22.2 Å². The Labute approximate surface area is 128 Å². The van der Waals surface area contributed by atoms with Crippen molar-refractivity contribution in [3.63, 3.8) is 0 Å². The summed E-state index contributed by atoms with van der Waals surface area (Å²) >= 11 is 1.64. The Kier molecular flexibility index (Phi) is 3.62. The molecule has 2 aromatic carbocycles. The average Bonchev–Trinajstić information content (AvgIpc) is 2.98. The molecule has 0 bridgehead atoms. The number of ether oxygens (including phenoxy) is 1. The van der Waals surface area contributed by atoms with Crippen LogP contribution in [0.25, 0.3) is 21.8 Å². The number of nitrogens with two attached hydrogens (primary N) is 1. The Balaban J connectivity index is 1.94. The molecule has 1 aromatic heterocycles. The number of hydrogen-bond acceptors (Lipinski definition) is 4. The molecular weight excluding hydrogens is 280 g/mol. The van der Waals surface area contributed by atoms with Crippen molar-refractivity contribution < 1.29 is 4.74 Å². The van der Waals surface area contributed by atoms with Crippen molar-refractivity contribution in [2.45, 2.75) is 6.92 Å². The lowest BCUT2D eigenvalue weighted by molar-refractivity contribution is 0.412. The van der Waals surface area contributed by atoms with Crippen molar-refractivity contribution in [1.82, 2.24) is 4.98 Å². The van der Waals surface area contributed by atoms with E-state index in [0.717, 1.165) is 38.8 Å². The lowest BCUT2D eigenvalue weighted by Gasteiger charge is -2.05. The summed E-state index contributed by atoms with van der Waals surface area (Å²) in [4.78, 5) is 4.71. The van der Waals surface area contributed by atoms with E-state index >= 15 is 0 Å². The summed E-state index contributed by atoms with van der Waals surface area (Å²) in [6.45, 7) is 2.04. The van der Waals surface area contributed by atoms with E-state index < -0.39 is 0 Å². The van der Waals surface area contributed by atoms with E-state index in [-0.39, 0.29) is 0 Å². The molecule has 0 fully saturated rings. The molecule has 0 amide bonds. The predicted octanol–water partition coefficient (Wildman–Crippen LogP) is 4.38. The quantitative estimate of drug-likeness (QED) is 0.730. The zero-order chi connectivity index (χ0) is 14.8. The highest BCUT2D eigenvalue weighted by molar-refractivity contribution is 7.13. The summed E-state index contributed by atoms with van der Waals surface area (Å²) in [5.41, 5.74) is 10.8. The van der Waals surface area contributed by atoms with Crippen LogP contribution in [0.3, 0.4) is 0 Å². The minimum absolute atomic E-state index is 0.765. The van der Waals surface area contributed by atoms with Gasteiger partial charge in [0.1, 0.15) is 10.8 Å². The second-order valence-corrected chi connectivity index (χ2v) is 5.70. The van der Waals surface area contributed by atoms with E-state index in [1.807, 2.05) is 43.3 Å². The van der Waals surface area contributed by atoms with Gasteiger partial charge in [-0.05, 0) is 55.0 Å². The van der Waals surface area contributed by atoms with E-state index in [1.165, 1.54) is 0 Å². The number of nitrogens with zero attached hydrogens (tertiary/aromatic N) is 1. The fourth-order valence-electron chi connectivity index (χ4n) is 2.20. The molecule has 3 nitrogen and oxygen atoms in total. The standard InChI is InChI=1S/C17H16N2OS/c1-11-9-13(5-8-16(11)20-2)15-10-21-17(19-15)12-3-6-14(18)7-4-12/h3-10H,18H2,1-2H3. The Morgan fingerprint density at radius 2 is 1.76 bits per heavy atom. The van der Waals surface area contributed by atoms with Gasteiger partial charge in [-0.1, -0.05) is 0 Å². The van der Waals surface area contributed by atoms with Gasteiger partial charge in [0.05, 0.1) is 12.8 Å². The fraction of sp³-hybridized carbons (Fsp3) is 0.118. The van der Waals surface area contributed by atoms with Crippen molar-refractivity contribution in [3.8, 4) is 27.6 Å². The van der Waals surface area contributed by atoms with Crippen LogP contribution in [0.4, 0.5) is 5.69 Å². The van der Waals surface area contributed by atoms with Crippen LogP contribution >= 0.6 is 11.3 Å². The number of nitrogen functional groups attached to an aromatic ring is 1. The van der Waals surface area contributed by atoms with Gasteiger partial charge in [0.25, 0.3) is 0 Å². The summed E-state index contributed by atoms with van der Waals surface area (Å²) < 4.78 is 5.29. The first kappa shape index (κ1) is 13.6. The first-order chi connectivity index (χ1) is 10.2. The molecule has 0 saturated carbocycles. The van der Waals surface area contributed by atoms with Gasteiger partial charge in [-0.15, -0.1) is 11.3 Å². The van der Waals surface area contributed by atoms with Crippen molar-refractivity contribution in [3.05, 3.63) is 53.4 Å². The normalized spacial score (nSPS) is 10.6. The minimum atomic E-state index is 0.765. The molecule has 3 aromatic rings. The first-order valence-electron chi connectivity index (χ1n) is 6.64. The van der Waals surface area contributed by atoms with E-state index in [0.29, 0.717) is 0 Å². The molecule has 0 spiro atoms. The zero-order valence-electron chi connectivity index (χ0n) is 12.0. The van der Waals surface area contributed by atoms with Crippen molar-refractivity contribution in [2.24, 2.45) is 0 Å². The number of hydrogen-bond donors (Lipinski definition) is 1. The summed E-state index contributed by atoms with van der Waals surface area (Å²) in [7, 11) is 1.68. The van der Waals surface area contributed by atoms with Gasteiger partial charge in [0.15, 0.2) is 0 Å². The van der Waals surface area contributed by atoms with Gasteiger partial charge >= 0.3 is 0 Å². The maximum atomic E-state index is 5.72. The second-order valence-electron chi connectivity index (χ2n) is 4.84. The van der Waals surface area contributed by atoms with Crippen LogP contribution < -0.4 is 10.5 Å². The number of anilines is 1. The third-order valence-electron chi connectivity index (χ3n) is 3.35. The smallest absolute Gasteiger partial charge is 0.124 e. The second kappa shape index (κ2) is 5.58. The molecule has 106 valence electrons. The molecule has 4 heteroatoms. The van der Waals surface area contributed by atoms with Crippen LogP contribution in [-0.4, -0.2) is 12.1 Å². The van der Waals surface area contributed by atoms with Gasteiger partial charge in [-0.3, -0.25) is 0 Å². The monoisotopic (exact) mass is 296 g/mol.